The average Bonchev–Trinajstić information content (AvgIpc) is 2.72. The van der Waals surface area contributed by atoms with Crippen molar-refractivity contribution < 1.29 is 9.59 Å². The van der Waals surface area contributed by atoms with E-state index in [0.29, 0.717) is 17.4 Å². The van der Waals surface area contributed by atoms with E-state index < -0.39 is 0 Å². The van der Waals surface area contributed by atoms with Gasteiger partial charge in [0.15, 0.2) is 0 Å². The lowest BCUT2D eigenvalue weighted by molar-refractivity contribution is -0.143. The van der Waals surface area contributed by atoms with Crippen LogP contribution in [0.2, 0.25) is 0 Å². The van der Waals surface area contributed by atoms with Crippen molar-refractivity contribution >= 4 is 17.5 Å². The molecule has 4 saturated carbocycles. The molecule has 0 radical (unpaired) electrons. The first-order valence-corrected chi connectivity index (χ1v) is 11.5. The smallest absolute Gasteiger partial charge is 0.253 e. The summed E-state index contributed by atoms with van der Waals surface area (Å²) in [7, 11) is 3.49. The summed E-state index contributed by atoms with van der Waals surface area (Å²) < 4.78 is 0. The first-order valence-electron chi connectivity index (χ1n) is 11.5. The van der Waals surface area contributed by atoms with Crippen LogP contribution in [0.1, 0.15) is 60.0 Å². The van der Waals surface area contributed by atoms with Gasteiger partial charge in [-0.25, -0.2) is 0 Å². The summed E-state index contributed by atoms with van der Waals surface area (Å²) in [5.41, 5.74) is 3.87. The minimum atomic E-state index is -0.295. The Balaban J connectivity index is 1.42. The zero-order chi connectivity index (χ0) is 21.8. The van der Waals surface area contributed by atoms with Crippen LogP contribution in [0, 0.1) is 24.2 Å². The van der Waals surface area contributed by atoms with Crippen LogP contribution in [0.3, 0.4) is 0 Å². The van der Waals surface area contributed by atoms with Crippen LogP contribution in [-0.4, -0.2) is 30.8 Å². The molecular formula is C27H32N2O2. The molecule has 4 nitrogen and oxygen atoms in total. The maximum atomic E-state index is 13.7. The predicted octanol–water partition coefficient (Wildman–Crippen LogP) is 5.17. The van der Waals surface area contributed by atoms with Crippen molar-refractivity contribution in [1.82, 2.24) is 4.90 Å². The number of anilines is 1. The number of carbonyl (C=O) groups excluding carboxylic acids is 2. The van der Waals surface area contributed by atoms with Crippen LogP contribution in [0.25, 0.3) is 0 Å². The van der Waals surface area contributed by atoms with Crippen LogP contribution in [0.15, 0.2) is 48.5 Å². The molecule has 0 saturated heterocycles. The highest BCUT2D eigenvalue weighted by atomic mass is 16.2. The zero-order valence-electron chi connectivity index (χ0n) is 18.8. The third-order valence-electron chi connectivity index (χ3n) is 7.98. The Morgan fingerprint density at radius 1 is 0.968 bits per heavy atom. The Labute approximate surface area is 185 Å². The molecule has 1 N–H and O–H groups in total. The molecule has 0 heterocycles. The minimum absolute atomic E-state index is 0.0516. The molecule has 0 aliphatic heterocycles. The molecule has 4 fully saturated rings. The van der Waals surface area contributed by atoms with E-state index in [4.69, 9.17) is 0 Å². The fourth-order valence-electron chi connectivity index (χ4n) is 7.02. The largest absolute Gasteiger partial charge is 0.345 e. The molecule has 2 unspecified atom stereocenters. The number of nitrogens with zero attached hydrogens (tertiary/aromatic N) is 1. The van der Waals surface area contributed by atoms with E-state index in [2.05, 4.69) is 36.5 Å². The maximum absolute atomic E-state index is 13.7. The molecule has 2 amide bonds. The summed E-state index contributed by atoms with van der Waals surface area (Å²) in [4.78, 5) is 27.6. The predicted molar refractivity (Wildman–Crippen MR) is 123 cm³/mol. The number of amides is 2. The summed E-state index contributed by atoms with van der Waals surface area (Å²) in [6.07, 6.45) is 6.65. The van der Waals surface area contributed by atoms with Gasteiger partial charge in [0, 0.05) is 25.3 Å². The number of nitrogens with one attached hydrogen (secondary N) is 1. The third-order valence-corrected chi connectivity index (χ3v) is 7.98. The summed E-state index contributed by atoms with van der Waals surface area (Å²) in [5.74, 6) is 1.36. The van der Waals surface area contributed by atoms with Crippen molar-refractivity contribution in [2.45, 2.75) is 50.9 Å². The lowest BCUT2D eigenvalue weighted by Crippen LogP contribution is -2.58. The Kier molecular flexibility index (Phi) is 4.72. The van der Waals surface area contributed by atoms with Gasteiger partial charge in [-0.05, 0) is 86.5 Å². The molecule has 4 bridgehead atoms. The third kappa shape index (κ3) is 3.46. The summed E-state index contributed by atoms with van der Waals surface area (Å²) >= 11 is 0. The second-order valence-electron chi connectivity index (χ2n) is 10.6. The summed E-state index contributed by atoms with van der Waals surface area (Å²) in [5, 5.41) is 3.20. The number of hydrogen-bond acceptors (Lipinski definition) is 2. The van der Waals surface area contributed by atoms with E-state index in [0.717, 1.165) is 24.9 Å². The van der Waals surface area contributed by atoms with Crippen molar-refractivity contribution in [1.29, 1.82) is 0 Å². The van der Waals surface area contributed by atoms with Crippen molar-refractivity contribution in [2.24, 2.45) is 17.3 Å². The normalized spacial score (nSPS) is 30.8. The quantitative estimate of drug-likeness (QED) is 0.747. The van der Waals surface area contributed by atoms with E-state index in [-0.39, 0.29) is 22.6 Å². The fourth-order valence-corrected chi connectivity index (χ4v) is 7.02. The molecule has 6 rings (SSSR count). The SMILES string of the molecule is Cc1ccc(C23CC4CC(CC(C(=O)Nc5cccc(C(=O)N(C)C)c5)(C4)C2)C3)cc1. The Bertz CT molecular complexity index is 1010. The zero-order valence-corrected chi connectivity index (χ0v) is 18.8. The molecule has 0 spiro atoms. The average molecular weight is 417 g/mol. The Morgan fingerprint density at radius 2 is 1.65 bits per heavy atom. The van der Waals surface area contributed by atoms with E-state index in [1.54, 1.807) is 31.1 Å². The van der Waals surface area contributed by atoms with E-state index in [9.17, 15) is 9.59 Å². The number of aryl methyl sites for hydroxylation is 1. The molecule has 162 valence electrons. The summed E-state index contributed by atoms with van der Waals surface area (Å²) in [6.45, 7) is 2.13. The van der Waals surface area contributed by atoms with Gasteiger partial charge < -0.3 is 10.2 Å². The maximum Gasteiger partial charge on any atom is 0.253 e. The van der Waals surface area contributed by atoms with Gasteiger partial charge in [-0.2, -0.15) is 0 Å². The molecule has 4 heteroatoms. The van der Waals surface area contributed by atoms with E-state index in [1.165, 1.54) is 30.4 Å². The van der Waals surface area contributed by atoms with Crippen molar-refractivity contribution in [2.75, 3.05) is 19.4 Å². The topological polar surface area (TPSA) is 49.4 Å². The van der Waals surface area contributed by atoms with Gasteiger partial charge in [0.2, 0.25) is 5.91 Å². The van der Waals surface area contributed by atoms with Gasteiger partial charge in [-0.15, -0.1) is 0 Å². The van der Waals surface area contributed by atoms with Crippen LogP contribution in [0.4, 0.5) is 5.69 Å². The molecule has 2 atom stereocenters. The second-order valence-corrected chi connectivity index (χ2v) is 10.6. The van der Waals surface area contributed by atoms with Crippen LogP contribution in [0.5, 0.6) is 0 Å². The molecule has 2 aromatic carbocycles. The van der Waals surface area contributed by atoms with Gasteiger partial charge in [-0.1, -0.05) is 35.9 Å². The van der Waals surface area contributed by atoms with Crippen molar-refractivity contribution in [3.63, 3.8) is 0 Å². The van der Waals surface area contributed by atoms with Crippen molar-refractivity contribution in [3.05, 3.63) is 65.2 Å². The van der Waals surface area contributed by atoms with E-state index in [1.807, 2.05) is 12.1 Å². The minimum Gasteiger partial charge on any atom is -0.345 e. The first kappa shape index (κ1) is 20.3. The van der Waals surface area contributed by atoms with Gasteiger partial charge in [0.25, 0.3) is 5.91 Å². The molecule has 4 aliphatic carbocycles. The number of rotatable bonds is 4. The van der Waals surface area contributed by atoms with Gasteiger partial charge in [0.1, 0.15) is 0 Å². The van der Waals surface area contributed by atoms with Gasteiger partial charge in [-0.3, -0.25) is 9.59 Å². The molecule has 4 aliphatic rings. The van der Waals surface area contributed by atoms with Crippen LogP contribution in [-0.2, 0) is 10.2 Å². The molecule has 2 aromatic rings. The fraction of sp³-hybridized carbons (Fsp3) is 0.481. The Hall–Kier alpha value is -2.62. The van der Waals surface area contributed by atoms with Crippen LogP contribution >= 0.6 is 0 Å². The highest BCUT2D eigenvalue weighted by Crippen LogP contribution is 2.66. The van der Waals surface area contributed by atoms with E-state index >= 15 is 0 Å². The highest BCUT2D eigenvalue weighted by molar-refractivity contribution is 5.99. The number of hydrogen-bond donors (Lipinski definition) is 1. The van der Waals surface area contributed by atoms with Gasteiger partial charge in [0.05, 0.1) is 5.41 Å². The Morgan fingerprint density at radius 3 is 2.29 bits per heavy atom. The van der Waals surface area contributed by atoms with Crippen LogP contribution < -0.4 is 5.32 Å². The highest BCUT2D eigenvalue weighted by Gasteiger charge is 2.60. The lowest BCUT2D eigenvalue weighted by atomic mass is 9.42. The number of carbonyl (C=O) groups is 2. The monoisotopic (exact) mass is 416 g/mol. The standard InChI is InChI=1S/C27H32N2O2/c1-18-7-9-22(10-8-18)26-13-19-11-20(14-26)16-27(15-19,17-26)25(31)28-23-6-4-5-21(12-23)24(30)29(2)3/h4-10,12,19-20H,11,13-17H2,1-3H3,(H,28,31). The van der Waals surface area contributed by atoms with Gasteiger partial charge >= 0.3 is 0 Å². The first-order chi connectivity index (χ1) is 14.8. The second kappa shape index (κ2) is 7.22. The van der Waals surface area contributed by atoms with Crippen molar-refractivity contribution in [3.8, 4) is 0 Å². The number of benzene rings is 2. The molecule has 31 heavy (non-hydrogen) atoms. The molecular weight excluding hydrogens is 384 g/mol. The summed E-state index contributed by atoms with van der Waals surface area (Å²) in [6, 6.07) is 16.4. The molecule has 0 aromatic heterocycles. The lowest BCUT2D eigenvalue weighted by Gasteiger charge is -2.61.